The van der Waals surface area contributed by atoms with E-state index in [1.54, 1.807) is 4.90 Å². The molecule has 0 aromatic heterocycles. The van der Waals surface area contributed by atoms with Crippen molar-refractivity contribution in [3.63, 3.8) is 0 Å². The number of halogens is 5. The molecule has 34 heavy (non-hydrogen) atoms. The maximum absolute atomic E-state index is 14.6. The average molecular weight is 487 g/mol. The van der Waals surface area contributed by atoms with E-state index < -0.39 is 53.7 Å². The molecule has 2 heterocycles. The lowest BCUT2D eigenvalue weighted by molar-refractivity contribution is -0.148. The van der Waals surface area contributed by atoms with Crippen LogP contribution in [0.2, 0.25) is 0 Å². The minimum atomic E-state index is -4.61. The zero-order valence-corrected chi connectivity index (χ0v) is 18.8. The number of hydrogen-bond donors (Lipinski definition) is 2. The predicted molar refractivity (Wildman–Crippen MR) is 111 cm³/mol. The van der Waals surface area contributed by atoms with Crippen LogP contribution in [0.4, 0.5) is 27.6 Å². The van der Waals surface area contributed by atoms with Gasteiger partial charge in [-0.2, -0.15) is 13.2 Å². The number of anilines is 1. The van der Waals surface area contributed by atoms with Crippen LogP contribution in [0.25, 0.3) is 0 Å². The first-order valence-electron chi connectivity index (χ1n) is 11.3. The molecule has 2 aliphatic heterocycles. The Morgan fingerprint density at radius 3 is 2.35 bits per heavy atom. The Morgan fingerprint density at radius 1 is 1.18 bits per heavy atom. The zero-order chi connectivity index (χ0) is 24.4. The summed E-state index contributed by atoms with van der Waals surface area (Å²) in [5.41, 5.74) is -0.674. The minimum absolute atomic E-state index is 0.0158. The van der Waals surface area contributed by atoms with Crippen LogP contribution < -0.4 is 15.4 Å². The minimum Gasteiger partial charge on any atom is -0.484 e. The van der Waals surface area contributed by atoms with Gasteiger partial charge in [-0.1, -0.05) is 13.8 Å². The molecule has 2 saturated carbocycles. The number of rotatable bonds is 6. The molecule has 0 radical (unpaired) electrons. The fourth-order valence-corrected chi connectivity index (χ4v) is 5.18. The molecule has 0 bridgehead atoms. The Bertz CT molecular complexity index is 1000. The lowest BCUT2D eigenvalue weighted by Crippen LogP contribution is -2.60. The molecule has 2 aliphatic carbocycles. The van der Waals surface area contributed by atoms with Crippen LogP contribution in [0.3, 0.4) is 0 Å². The summed E-state index contributed by atoms with van der Waals surface area (Å²) in [5.74, 6) is -2.90. The number of alkyl halides is 3. The lowest BCUT2D eigenvalue weighted by atomic mass is 9.85. The maximum atomic E-state index is 14.6. The van der Waals surface area contributed by atoms with Crippen LogP contribution in [-0.4, -0.2) is 42.5 Å². The average Bonchev–Trinajstić information content (AvgIpc) is 3.10. The first kappa shape index (κ1) is 23.2. The second kappa shape index (κ2) is 8.00. The third kappa shape index (κ3) is 4.80. The Labute approximate surface area is 193 Å². The van der Waals surface area contributed by atoms with Crippen LogP contribution in [0.5, 0.6) is 5.75 Å². The number of ether oxygens (including phenoxy) is 2. The van der Waals surface area contributed by atoms with Crippen molar-refractivity contribution in [1.82, 2.24) is 10.2 Å². The molecular weight excluding hydrogens is 461 g/mol. The van der Waals surface area contributed by atoms with Gasteiger partial charge in [-0.05, 0) is 36.5 Å². The van der Waals surface area contributed by atoms with E-state index in [9.17, 15) is 26.7 Å². The molecule has 4 aliphatic rings. The summed E-state index contributed by atoms with van der Waals surface area (Å²) >= 11 is 0. The Kier molecular flexibility index (Phi) is 5.46. The number of nitrogens with one attached hydrogen (secondary N) is 2. The molecule has 3 atom stereocenters. The van der Waals surface area contributed by atoms with Crippen molar-refractivity contribution in [3.05, 3.63) is 35.2 Å². The van der Waals surface area contributed by atoms with Crippen molar-refractivity contribution in [2.45, 2.75) is 58.2 Å². The Hall–Kier alpha value is -2.56. The van der Waals surface area contributed by atoms with E-state index in [0.29, 0.717) is 24.9 Å². The molecule has 3 unspecified atom stereocenters. The smallest absolute Gasteiger partial charge is 0.396 e. The van der Waals surface area contributed by atoms with E-state index in [1.807, 2.05) is 13.8 Å². The van der Waals surface area contributed by atoms with E-state index in [-0.39, 0.29) is 17.2 Å². The molecule has 0 spiro atoms. The topological polar surface area (TPSA) is 62.8 Å². The van der Waals surface area contributed by atoms with Gasteiger partial charge in [-0.15, -0.1) is 0 Å². The summed E-state index contributed by atoms with van der Waals surface area (Å²) in [6.45, 7) is 5.14. The third-order valence-electron chi connectivity index (χ3n) is 6.72. The van der Waals surface area contributed by atoms with Crippen LogP contribution in [0.15, 0.2) is 23.6 Å². The highest BCUT2D eigenvalue weighted by molar-refractivity contribution is 6.04. The standard InChI is InChI=1S/C23H26F5N3O3/c1-22(2)9-31(10-22)21-30-18(17(34-21)8-23(26,27)28)20(32)29-13-6-15(24)19(16(25)7-13)33-14-4-11-3-12(11)5-14/h6-7,11-12,14,21,30H,3-5,8-10H2,1-2H3,(H,29,32). The number of hydrogen-bond acceptors (Lipinski definition) is 5. The van der Waals surface area contributed by atoms with E-state index >= 15 is 0 Å². The van der Waals surface area contributed by atoms with E-state index in [1.165, 1.54) is 0 Å². The summed E-state index contributed by atoms with van der Waals surface area (Å²) < 4.78 is 79.2. The summed E-state index contributed by atoms with van der Waals surface area (Å²) in [6, 6.07) is 1.78. The number of benzene rings is 1. The molecule has 1 amide bonds. The van der Waals surface area contributed by atoms with E-state index in [4.69, 9.17) is 9.47 Å². The SMILES string of the molecule is CC1(C)CN(C2NC(C(=O)Nc3cc(F)c(OC4CC5CC5C4)c(F)c3)=C(CC(F)(F)F)O2)C1. The highest BCUT2D eigenvalue weighted by Crippen LogP contribution is 2.52. The van der Waals surface area contributed by atoms with Crippen molar-refractivity contribution in [2.75, 3.05) is 18.4 Å². The van der Waals surface area contributed by atoms with Gasteiger partial charge in [-0.25, -0.2) is 13.7 Å². The molecule has 11 heteroatoms. The third-order valence-corrected chi connectivity index (χ3v) is 6.72. The zero-order valence-electron chi connectivity index (χ0n) is 18.8. The van der Waals surface area contributed by atoms with Crippen LogP contribution >= 0.6 is 0 Å². The lowest BCUT2D eigenvalue weighted by Gasteiger charge is -2.47. The molecule has 186 valence electrons. The van der Waals surface area contributed by atoms with Gasteiger partial charge in [0, 0.05) is 30.9 Å². The number of amides is 1. The molecular formula is C23H26F5N3O3. The van der Waals surface area contributed by atoms with Gasteiger partial charge in [-0.3, -0.25) is 4.79 Å². The molecule has 1 saturated heterocycles. The van der Waals surface area contributed by atoms with Gasteiger partial charge in [0.25, 0.3) is 5.91 Å². The number of allylic oxidation sites excluding steroid dienone is 1. The number of carbonyl (C=O) groups excluding carboxylic acids is 1. The molecule has 6 nitrogen and oxygen atoms in total. The fourth-order valence-electron chi connectivity index (χ4n) is 5.18. The van der Waals surface area contributed by atoms with Crippen LogP contribution in [-0.2, 0) is 9.53 Å². The van der Waals surface area contributed by atoms with Crippen LogP contribution in [0.1, 0.15) is 39.5 Å². The van der Waals surface area contributed by atoms with E-state index in [2.05, 4.69) is 10.6 Å². The fraction of sp³-hybridized carbons (Fsp3) is 0.609. The monoisotopic (exact) mass is 487 g/mol. The number of fused-ring (bicyclic) bond motifs is 1. The molecule has 2 N–H and O–H groups in total. The van der Waals surface area contributed by atoms with Gasteiger partial charge in [0.1, 0.15) is 17.9 Å². The second-order valence-corrected chi connectivity index (χ2v) is 10.5. The first-order chi connectivity index (χ1) is 15.9. The van der Waals surface area contributed by atoms with Crippen molar-refractivity contribution >= 4 is 11.6 Å². The van der Waals surface area contributed by atoms with Crippen molar-refractivity contribution < 1.29 is 36.2 Å². The Balaban J connectivity index is 1.28. The summed E-state index contributed by atoms with van der Waals surface area (Å²) in [7, 11) is 0. The number of carbonyl (C=O) groups is 1. The van der Waals surface area contributed by atoms with Crippen molar-refractivity contribution in [2.24, 2.45) is 17.3 Å². The molecule has 5 rings (SSSR count). The maximum Gasteiger partial charge on any atom is 0.396 e. The van der Waals surface area contributed by atoms with Gasteiger partial charge in [0.15, 0.2) is 17.4 Å². The summed E-state index contributed by atoms with van der Waals surface area (Å²) in [4.78, 5) is 14.5. The van der Waals surface area contributed by atoms with Crippen molar-refractivity contribution in [1.29, 1.82) is 0 Å². The van der Waals surface area contributed by atoms with Crippen LogP contribution in [0, 0.1) is 28.9 Å². The Morgan fingerprint density at radius 2 is 1.79 bits per heavy atom. The number of nitrogens with zero attached hydrogens (tertiary/aromatic N) is 1. The van der Waals surface area contributed by atoms with Gasteiger partial charge in [0.05, 0.1) is 6.10 Å². The summed E-state index contributed by atoms with van der Waals surface area (Å²) in [5, 5.41) is 4.95. The van der Waals surface area contributed by atoms with Gasteiger partial charge < -0.3 is 20.1 Å². The highest BCUT2D eigenvalue weighted by Gasteiger charge is 2.47. The van der Waals surface area contributed by atoms with Gasteiger partial charge >= 0.3 is 6.18 Å². The van der Waals surface area contributed by atoms with E-state index in [0.717, 1.165) is 31.4 Å². The highest BCUT2D eigenvalue weighted by atomic mass is 19.4. The summed E-state index contributed by atoms with van der Waals surface area (Å²) in [6.07, 6.45) is -4.56. The predicted octanol–water partition coefficient (Wildman–Crippen LogP) is 4.49. The first-order valence-corrected chi connectivity index (χ1v) is 11.3. The normalized spacial score (nSPS) is 29.7. The largest absolute Gasteiger partial charge is 0.484 e. The second-order valence-electron chi connectivity index (χ2n) is 10.5. The van der Waals surface area contributed by atoms with Gasteiger partial charge in [0.2, 0.25) is 6.35 Å². The van der Waals surface area contributed by atoms with Crippen molar-refractivity contribution in [3.8, 4) is 5.75 Å². The molecule has 1 aromatic carbocycles. The quantitative estimate of drug-likeness (QED) is 0.579. The molecule has 3 fully saturated rings. The number of likely N-dealkylation sites (tertiary alicyclic amines) is 1. The molecule has 1 aromatic rings.